The van der Waals surface area contributed by atoms with Crippen molar-refractivity contribution in [2.75, 3.05) is 13.1 Å². The van der Waals surface area contributed by atoms with Crippen LogP contribution in [0.1, 0.15) is 50.7 Å². The summed E-state index contributed by atoms with van der Waals surface area (Å²) < 4.78 is 10.5. The number of aliphatic carboxylic acids is 2. The fraction of sp³-hybridized carbons (Fsp3) is 0.467. The van der Waals surface area contributed by atoms with E-state index in [9.17, 15) is 19.2 Å². The van der Waals surface area contributed by atoms with Gasteiger partial charge in [-0.05, 0) is 50.7 Å². The van der Waals surface area contributed by atoms with Crippen LogP contribution in [0.3, 0.4) is 0 Å². The third kappa shape index (κ3) is 8.46. The Morgan fingerprint density at radius 2 is 1.02 bits per heavy atom. The molecule has 0 spiro atoms. The van der Waals surface area contributed by atoms with Crippen LogP contribution in [0.25, 0.3) is 0 Å². The van der Waals surface area contributed by atoms with Crippen molar-refractivity contribution in [2.45, 2.75) is 64.8 Å². The average Bonchev–Trinajstić information content (AvgIpc) is 2.96. The molecule has 4 atom stereocenters. The van der Waals surface area contributed by atoms with Crippen molar-refractivity contribution in [1.29, 1.82) is 0 Å². The van der Waals surface area contributed by atoms with Crippen molar-refractivity contribution in [3.05, 3.63) is 71.8 Å². The van der Waals surface area contributed by atoms with Crippen LogP contribution in [0.4, 0.5) is 9.59 Å². The van der Waals surface area contributed by atoms with Gasteiger partial charge in [-0.3, -0.25) is 9.59 Å². The zero-order valence-corrected chi connectivity index (χ0v) is 23.0. The van der Waals surface area contributed by atoms with Gasteiger partial charge in [-0.25, -0.2) is 9.59 Å². The van der Waals surface area contributed by atoms with E-state index in [-0.39, 0.29) is 25.3 Å². The highest BCUT2D eigenvalue weighted by molar-refractivity contribution is 5.74. The fourth-order valence-corrected chi connectivity index (χ4v) is 5.07. The lowest BCUT2D eigenvalue weighted by molar-refractivity contribution is -0.146. The number of amides is 2. The second-order valence-corrected chi connectivity index (χ2v) is 10.1. The maximum absolute atomic E-state index is 12.1. The highest BCUT2D eigenvalue weighted by Crippen LogP contribution is 2.25. The summed E-state index contributed by atoms with van der Waals surface area (Å²) >= 11 is 0. The van der Waals surface area contributed by atoms with Gasteiger partial charge in [0, 0.05) is 25.2 Å². The molecule has 2 N–H and O–H groups in total. The van der Waals surface area contributed by atoms with Crippen molar-refractivity contribution in [2.24, 2.45) is 11.8 Å². The zero-order chi connectivity index (χ0) is 29.1. The van der Waals surface area contributed by atoms with Gasteiger partial charge in [0.2, 0.25) is 0 Å². The van der Waals surface area contributed by atoms with Gasteiger partial charge >= 0.3 is 24.1 Å². The maximum atomic E-state index is 12.1. The number of nitrogens with zero attached hydrogens (tertiary/aromatic N) is 2. The molecule has 0 aromatic heterocycles. The van der Waals surface area contributed by atoms with Gasteiger partial charge in [0.05, 0.1) is 11.8 Å². The molecule has 2 aromatic carbocycles. The minimum atomic E-state index is -0.849. The highest BCUT2D eigenvalue weighted by Gasteiger charge is 2.37. The third-order valence-corrected chi connectivity index (χ3v) is 7.49. The molecular formula is C30H38N2O8. The third-order valence-electron chi connectivity index (χ3n) is 7.49. The van der Waals surface area contributed by atoms with E-state index in [4.69, 9.17) is 19.7 Å². The van der Waals surface area contributed by atoms with Crippen LogP contribution in [-0.2, 0) is 32.3 Å². The molecule has 0 unspecified atom stereocenters. The van der Waals surface area contributed by atoms with E-state index < -0.39 is 36.0 Å². The Bertz CT molecular complexity index is 1040. The maximum Gasteiger partial charge on any atom is 0.410 e. The average molecular weight is 555 g/mol. The molecule has 2 aromatic rings. The van der Waals surface area contributed by atoms with E-state index in [0.29, 0.717) is 38.8 Å². The summed E-state index contributed by atoms with van der Waals surface area (Å²) in [4.78, 5) is 49.4. The Balaban J connectivity index is 0.000000220. The molecule has 4 rings (SSSR count). The summed E-state index contributed by atoms with van der Waals surface area (Å²) in [7, 11) is 0. The first-order valence-electron chi connectivity index (χ1n) is 13.6. The van der Waals surface area contributed by atoms with E-state index in [0.717, 1.165) is 11.1 Å². The molecule has 40 heavy (non-hydrogen) atoms. The summed E-state index contributed by atoms with van der Waals surface area (Å²) in [5, 5.41) is 18.3. The molecule has 0 saturated carbocycles. The largest absolute Gasteiger partial charge is 0.481 e. The molecule has 0 radical (unpaired) electrons. The molecule has 0 aliphatic carbocycles. The lowest BCUT2D eigenvalue weighted by atomic mass is 9.91. The number of ether oxygens (including phenoxy) is 2. The molecule has 2 aliphatic rings. The van der Waals surface area contributed by atoms with Crippen LogP contribution in [0.2, 0.25) is 0 Å². The summed E-state index contributed by atoms with van der Waals surface area (Å²) in [5.74, 6) is -2.71. The summed E-state index contributed by atoms with van der Waals surface area (Å²) in [6, 6.07) is 18.2. The Labute approximate surface area is 234 Å². The van der Waals surface area contributed by atoms with E-state index in [1.165, 1.54) is 9.80 Å². The first kappa shape index (κ1) is 30.5. The van der Waals surface area contributed by atoms with Gasteiger partial charge in [-0.1, -0.05) is 60.7 Å². The number of benzene rings is 2. The number of carbonyl (C=O) groups excluding carboxylic acids is 2. The minimum Gasteiger partial charge on any atom is -0.481 e. The minimum absolute atomic E-state index is 0.209. The monoisotopic (exact) mass is 554 g/mol. The van der Waals surface area contributed by atoms with Crippen LogP contribution in [-0.4, -0.2) is 69.3 Å². The molecule has 2 saturated heterocycles. The molecule has 2 amide bonds. The predicted octanol–water partition coefficient (Wildman–Crippen LogP) is 5.02. The van der Waals surface area contributed by atoms with Crippen LogP contribution >= 0.6 is 0 Å². The van der Waals surface area contributed by atoms with Gasteiger partial charge in [0.1, 0.15) is 13.2 Å². The predicted molar refractivity (Wildman–Crippen MR) is 146 cm³/mol. The lowest BCUT2D eigenvalue weighted by Crippen LogP contribution is -2.49. The molecular weight excluding hydrogens is 516 g/mol. The molecule has 2 fully saturated rings. The normalized spacial score (nSPS) is 22.4. The van der Waals surface area contributed by atoms with Gasteiger partial charge in [0.15, 0.2) is 0 Å². The SMILES string of the molecule is C[C@@H]1[C@H](C(=O)O)CCCN1C(=O)OCc1ccccc1.C[C@H]1[C@H](C(=O)O)CCCN1C(=O)OCc1ccccc1. The van der Waals surface area contributed by atoms with E-state index in [2.05, 4.69) is 0 Å². The molecule has 10 nitrogen and oxygen atoms in total. The number of carboxylic acids is 2. The zero-order valence-electron chi connectivity index (χ0n) is 23.0. The Kier molecular flexibility index (Phi) is 11.4. The number of carboxylic acid groups (broad SMARTS) is 2. The van der Waals surface area contributed by atoms with Crippen molar-refractivity contribution < 1.29 is 38.9 Å². The molecule has 10 heteroatoms. The van der Waals surface area contributed by atoms with E-state index in [1.807, 2.05) is 60.7 Å². The Morgan fingerprint density at radius 1 is 0.675 bits per heavy atom. The van der Waals surface area contributed by atoms with Crippen molar-refractivity contribution >= 4 is 24.1 Å². The van der Waals surface area contributed by atoms with Gasteiger partial charge in [-0.15, -0.1) is 0 Å². The number of piperidine rings is 2. The van der Waals surface area contributed by atoms with Gasteiger partial charge in [-0.2, -0.15) is 0 Å². The second kappa shape index (κ2) is 14.9. The molecule has 216 valence electrons. The van der Waals surface area contributed by atoms with Gasteiger partial charge in [0.25, 0.3) is 0 Å². The van der Waals surface area contributed by atoms with Crippen molar-refractivity contribution in [3.8, 4) is 0 Å². The number of hydrogen-bond donors (Lipinski definition) is 2. The topological polar surface area (TPSA) is 134 Å². The summed E-state index contributed by atoms with van der Waals surface area (Å²) in [6.07, 6.45) is 1.74. The summed E-state index contributed by atoms with van der Waals surface area (Å²) in [6.45, 7) is 5.06. The Morgan fingerprint density at radius 3 is 1.35 bits per heavy atom. The number of hydrogen-bond acceptors (Lipinski definition) is 6. The smallest absolute Gasteiger partial charge is 0.410 e. The molecule has 2 aliphatic heterocycles. The summed E-state index contributed by atoms with van der Waals surface area (Å²) in [5.41, 5.74) is 1.83. The van der Waals surface area contributed by atoms with Crippen molar-refractivity contribution in [3.63, 3.8) is 0 Å². The highest BCUT2D eigenvalue weighted by atomic mass is 16.6. The quantitative estimate of drug-likeness (QED) is 0.509. The Hall–Kier alpha value is -4.08. The van der Waals surface area contributed by atoms with Crippen LogP contribution in [0.5, 0.6) is 0 Å². The van der Waals surface area contributed by atoms with E-state index in [1.54, 1.807) is 13.8 Å². The van der Waals surface area contributed by atoms with E-state index >= 15 is 0 Å². The van der Waals surface area contributed by atoms with Crippen LogP contribution in [0.15, 0.2) is 60.7 Å². The molecule has 2 heterocycles. The number of likely N-dealkylation sites (tertiary alicyclic amines) is 2. The second-order valence-electron chi connectivity index (χ2n) is 10.1. The van der Waals surface area contributed by atoms with Gasteiger partial charge < -0.3 is 29.5 Å². The first-order valence-corrected chi connectivity index (χ1v) is 13.6. The van der Waals surface area contributed by atoms with Crippen LogP contribution in [0, 0.1) is 11.8 Å². The first-order chi connectivity index (χ1) is 19.2. The number of rotatable bonds is 6. The lowest BCUT2D eigenvalue weighted by Gasteiger charge is -2.36. The van der Waals surface area contributed by atoms with Crippen molar-refractivity contribution in [1.82, 2.24) is 9.80 Å². The standard InChI is InChI=1S/2C15H19NO4/c2*1-11-13(14(17)18)8-5-9-16(11)15(19)20-10-12-6-3-2-4-7-12/h2*2-4,6-7,11,13H,5,8-10H2,1H3,(H,17,18)/t11-,13+;11-,13-/m01/s1. The fourth-order valence-electron chi connectivity index (χ4n) is 5.07. The number of carbonyl (C=O) groups is 4. The molecule has 0 bridgehead atoms. The van der Waals surface area contributed by atoms with Crippen LogP contribution < -0.4 is 0 Å².